The van der Waals surface area contributed by atoms with Gasteiger partial charge in [0.05, 0.1) is 0 Å². The molecule has 1 saturated heterocycles. The Kier molecular flexibility index (Phi) is 6.92. The van der Waals surface area contributed by atoms with E-state index in [0.717, 1.165) is 0 Å². The first kappa shape index (κ1) is 15.4. The van der Waals surface area contributed by atoms with Gasteiger partial charge in [0.15, 0.2) is 0 Å². The number of carbonyl (C=O) groups is 4. The average Bonchev–Trinajstić information content (AvgIpc) is 2.27. The summed E-state index contributed by atoms with van der Waals surface area (Å²) in [5.74, 6) is -3.58. The van der Waals surface area contributed by atoms with E-state index < -0.39 is 36.7 Å². The van der Waals surface area contributed by atoms with E-state index in [1.165, 1.54) is 0 Å². The molecule has 0 aliphatic carbocycles. The molecule has 8 nitrogen and oxygen atoms in total. The molecule has 1 rings (SSSR count). The average molecular weight is 279 g/mol. The Labute approximate surface area is 108 Å². The van der Waals surface area contributed by atoms with Crippen molar-refractivity contribution in [3.63, 3.8) is 0 Å². The molecule has 1 aliphatic heterocycles. The smallest absolute Gasteiger partial charge is 0.100 e. The minimum Gasteiger partial charge on any atom is -0.656 e. The SMILES string of the molecule is O=C1C[N-]C(=O)C(=O)[N-]CC(=O)[N-]CC[N-]1.[Mn]. The first-order valence-electron chi connectivity index (χ1n) is 4.43. The molecule has 0 aromatic rings. The zero-order chi connectivity index (χ0) is 12.0. The summed E-state index contributed by atoms with van der Waals surface area (Å²) in [6.45, 7) is -0.841. The summed E-state index contributed by atoms with van der Waals surface area (Å²) in [6, 6.07) is 0. The van der Waals surface area contributed by atoms with E-state index in [4.69, 9.17) is 0 Å². The van der Waals surface area contributed by atoms with Gasteiger partial charge in [0.1, 0.15) is 11.8 Å². The fraction of sp³-hybridized carbons (Fsp3) is 0.500. The summed E-state index contributed by atoms with van der Waals surface area (Å²) in [6.07, 6.45) is 0. The molecule has 0 unspecified atom stereocenters. The van der Waals surface area contributed by atoms with Gasteiger partial charge < -0.3 is 40.4 Å². The van der Waals surface area contributed by atoms with Crippen LogP contribution >= 0.6 is 0 Å². The van der Waals surface area contributed by atoms with Crippen LogP contribution in [0, 0.1) is 0 Å². The zero-order valence-corrected chi connectivity index (χ0v) is 9.81. The van der Waals surface area contributed by atoms with Crippen molar-refractivity contribution in [2.24, 2.45) is 0 Å². The van der Waals surface area contributed by atoms with Gasteiger partial charge in [-0.05, 0) is 0 Å². The third-order valence-electron chi connectivity index (χ3n) is 1.58. The monoisotopic (exact) mass is 279 g/mol. The molecule has 0 atom stereocenters. The predicted molar refractivity (Wildman–Crippen MR) is 52.9 cm³/mol. The summed E-state index contributed by atoms with van der Waals surface area (Å²) in [5, 5.41) is 13.3. The van der Waals surface area contributed by atoms with Crippen molar-refractivity contribution in [1.29, 1.82) is 0 Å². The molecule has 1 heterocycles. The molecule has 0 bridgehead atoms. The number of carbonyl (C=O) groups excluding carboxylic acids is 4. The van der Waals surface area contributed by atoms with E-state index in [1.54, 1.807) is 0 Å². The molecule has 1 fully saturated rings. The number of rotatable bonds is 0. The van der Waals surface area contributed by atoms with Gasteiger partial charge in [-0.1, -0.05) is 13.1 Å². The minimum atomic E-state index is -1.16. The summed E-state index contributed by atoms with van der Waals surface area (Å²) >= 11 is 0. The van der Waals surface area contributed by atoms with Gasteiger partial charge in [0.25, 0.3) is 0 Å². The van der Waals surface area contributed by atoms with Crippen LogP contribution in [0.15, 0.2) is 0 Å². The molecule has 0 spiro atoms. The maximum absolute atomic E-state index is 11.0. The van der Waals surface area contributed by atoms with Crippen LogP contribution in [0.2, 0.25) is 0 Å². The van der Waals surface area contributed by atoms with Crippen molar-refractivity contribution in [3.8, 4) is 0 Å². The quantitative estimate of drug-likeness (QED) is 0.441. The molecule has 1 radical (unpaired) electrons. The van der Waals surface area contributed by atoms with E-state index in [0.29, 0.717) is 0 Å². The van der Waals surface area contributed by atoms with Gasteiger partial charge in [0.2, 0.25) is 0 Å². The molecule has 0 aromatic carbocycles. The topological polar surface area (TPSA) is 125 Å². The van der Waals surface area contributed by atoms with Crippen molar-refractivity contribution < 1.29 is 36.2 Å². The third-order valence-corrected chi connectivity index (χ3v) is 1.58. The molecule has 0 aromatic heterocycles. The van der Waals surface area contributed by atoms with E-state index in [-0.39, 0.29) is 30.2 Å². The zero-order valence-electron chi connectivity index (χ0n) is 8.63. The Bertz CT molecular complexity index is 301. The van der Waals surface area contributed by atoms with Crippen molar-refractivity contribution in [2.75, 3.05) is 26.2 Å². The van der Waals surface area contributed by atoms with Crippen molar-refractivity contribution in [3.05, 3.63) is 21.3 Å². The molecule has 4 amide bonds. The second-order valence-corrected chi connectivity index (χ2v) is 2.79. The molecule has 0 N–H and O–H groups in total. The second kappa shape index (κ2) is 7.64. The van der Waals surface area contributed by atoms with Crippen LogP contribution in [0.4, 0.5) is 0 Å². The molecule has 0 saturated carbocycles. The summed E-state index contributed by atoms with van der Waals surface area (Å²) in [5.41, 5.74) is 0. The molecular formula is C8H8MnN4O4-4. The van der Waals surface area contributed by atoms with Gasteiger partial charge in [-0.25, -0.2) is 0 Å². The molecule has 17 heavy (non-hydrogen) atoms. The fourth-order valence-corrected chi connectivity index (χ4v) is 0.864. The van der Waals surface area contributed by atoms with Gasteiger partial charge in [-0.2, -0.15) is 0 Å². The van der Waals surface area contributed by atoms with Gasteiger partial charge in [-0.3, -0.25) is 0 Å². The number of amides is 4. The molecule has 95 valence electrons. The fourth-order valence-electron chi connectivity index (χ4n) is 0.864. The normalized spacial score (nSPS) is 18.4. The minimum absolute atomic E-state index is 0. The van der Waals surface area contributed by atoms with E-state index >= 15 is 0 Å². The van der Waals surface area contributed by atoms with E-state index in [2.05, 4.69) is 21.3 Å². The standard InChI is InChI=1S/C8H12N4O4.Mn/c13-5-3-11-7(15)8(16)12-4-6(14)10-2-1-9-5;/h1-4H2,(H4,9,10,11,12,13,14,15,16);/p-4. The van der Waals surface area contributed by atoms with E-state index in [9.17, 15) is 19.2 Å². The predicted octanol–water partition coefficient (Wildman–Crippen LogP) is -0.401. The maximum atomic E-state index is 11.0. The van der Waals surface area contributed by atoms with Gasteiger partial charge >= 0.3 is 0 Å². The first-order chi connectivity index (χ1) is 7.59. The van der Waals surface area contributed by atoms with Crippen LogP contribution < -0.4 is 0 Å². The Morgan fingerprint density at radius 2 is 1.00 bits per heavy atom. The Morgan fingerprint density at radius 3 is 1.35 bits per heavy atom. The van der Waals surface area contributed by atoms with Crippen LogP contribution in [0.3, 0.4) is 0 Å². The van der Waals surface area contributed by atoms with Gasteiger partial charge in [-0.15, -0.1) is 13.1 Å². The molecule has 1 aliphatic rings. The molecule has 9 heteroatoms. The number of nitrogens with zero attached hydrogens (tertiary/aromatic N) is 4. The first-order valence-corrected chi connectivity index (χ1v) is 4.43. The summed E-state index contributed by atoms with van der Waals surface area (Å²) in [4.78, 5) is 43.8. The Balaban J connectivity index is 0.00000256. The maximum Gasteiger partial charge on any atom is 0.100 e. The van der Waals surface area contributed by atoms with Crippen molar-refractivity contribution in [2.45, 2.75) is 0 Å². The summed E-state index contributed by atoms with van der Waals surface area (Å²) < 4.78 is 0. The largest absolute Gasteiger partial charge is 0.656 e. The molecular weight excluding hydrogens is 271 g/mol. The third kappa shape index (κ3) is 5.88. The van der Waals surface area contributed by atoms with Crippen LogP contribution in [0.25, 0.3) is 21.3 Å². The Hall–Kier alpha value is -1.60. The Morgan fingerprint density at radius 1 is 0.647 bits per heavy atom. The number of hydrogen-bond acceptors (Lipinski definition) is 4. The van der Waals surface area contributed by atoms with Gasteiger partial charge in [0, 0.05) is 28.9 Å². The van der Waals surface area contributed by atoms with Crippen LogP contribution in [0.5, 0.6) is 0 Å². The van der Waals surface area contributed by atoms with Crippen LogP contribution in [0.1, 0.15) is 0 Å². The second-order valence-electron chi connectivity index (χ2n) is 2.79. The number of hydrogen-bond donors (Lipinski definition) is 0. The van der Waals surface area contributed by atoms with Crippen LogP contribution in [-0.2, 0) is 36.2 Å². The van der Waals surface area contributed by atoms with Crippen molar-refractivity contribution in [1.82, 2.24) is 0 Å². The van der Waals surface area contributed by atoms with E-state index in [1.807, 2.05) is 0 Å². The summed E-state index contributed by atoms with van der Waals surface area (Å²) in [7, 11) is 0. The van der Waals surface area contributed by atoms with Crippen molar-refractivity contribution >= 4 is 23.6 Å². The van der Waals surface area contributed by atoms with Crippen LogP contribution in [-0.4, -0.2) is 49.8 Å².